The van der Waals surface area contributed by atoms with Crippen molar-refractivity contribution in [3.8, 4) is 0 Å². The van der Waals surface area contributed by atoms with Gasteiger partial charge in [0.25, 0.3) is 0 Å². The molecular weight excluding hydrogens is 222 g/mol. The molecule has 2 aromatic rings. The lowest BCUT2D eigenvalue weighted by molar-refractivity contribution is 0.120. The van der Waals surface area contributed by atoms with E-state index in [1.165, 1.54) is 16.3 Å². The van der Waals surface area contributed by atoms with Gasteiger partial charge in [-0.05, 0) is 36.9 Å². The Morgan fingerprint density at radius 2 is 1.72 bits per heavy atom. The molecule has 18 heavy (non-hydrogen) atoms. The molecule has 0 spiro atoms. The topological polar surface area (TPSA) is 12.5 Å². The van der Waals surface area contributed by atoms with E-state index < -0.39 is 0 Å². The van der Waals surface area contributed by atoms with Crippen molar-refractivity contribution in [3.63, 3.8) is 0 Å². The van der Waals surface area contributed by atoms with Crippen molar-refractivity contribution >= 4 is 10.8 Å². The third-order valence-electron chi connectivity index (χ3n) is 3.03. The third kappa shape index (κ3) is 3.83. The zero-order valence-corrected chi connectivity index (χ0v) is 11.2. The minimum absolute atomic E-state index is 0.798. The fraction of sp³-hybridized carbons (Fsp3) is 0.375. The quantitative estimate of drug-likeness (QED) is 0.723. The largest absolute Gasteiger partial charge is 0.380 e. The van der Waals surface area contributed by atoms with Gasteiger partial charge in [-0.25, -0.2) is 0 Å². The monoisotopic (exact) mass is 243 g/mol. The summed E-state index contributed by atoms with van der Waals surface area (Å²) in [6, 6.07) is 15.1. The SMILES string of the molecule is CN(C)CCOCCc1ccc2ccccc2c1. The Kier molecular flexibility index (Phi) is 4.73. The average Bonchev–Trinajstić information content (AvgIpc) is 2.38. The van der Waals surface area contributed by atoms with Crippen LogP contribution in [0.5, 0.6) is 0 Å². The van der Waals surface area contributed by atoms with Gasteiger partial charge in [0.15, 0.2) is 0 Å². The second-order valence-corrected chi connectivity index (χ2v) is 4.85. The number of hydrogen-bond donors (Lipinski definition) is 0. The zero-order chi connectivity index (χ0) is 12.8. The lowest BCUT2D eigenvalue weighted by Crippen LogP contribution is -2.18. The summed E-state index contributed by atoms with van der Waals surface area (Å²) in [5, 5.41) is 2.61. The number of nitrogens with zero attached hydrogens (tertiary/aromatic N) is 1. The van der Waals surface area contributed by atoms with Crippen LogP contribution >= 0.6 is 0 Å². The Morgan fingerprint density at radius 3 is 2.50 bits per heavy atom. The van der Waals surface area contributed by atoms with Crippen LogP contribution in [0.2, 0.25) is 0 Å². The van der Waals surface area contributed by atoms with Gasteiger partial charge in [0, 0.05) is 6.54 Å². The van der Waals surface area contributed by atoms with Crippen LogP contribution in [-0.4, -0.2) is 38.8 Å². The lowest BCUT2D eigenvalue weighted by atomic mass is 10.1. The number of hydrogen-bond acceptors (Lipinski definition) is 2. The standard InChI is InChI=1S/C16H21NO/c1-17(2)10-12-18-11-9-14-7-8-15-5-3-4-6-16(15)13-14/h3-8,13H,9-12H2,1-2H3. The number of fused-ring (bicyclic) bond motifs is 1. The van der Waals surface area contributed by atoms with E-state index in [9.17, 15) is 0 Å². The van der Waals surface area contributed by atoms with Gasteiger partial charge in [0.2, 0.25) is 0 Å². The predicted molar refractivity (Wildman–Crippen MR) is 77.0 cm³/mol. The van der Waals surface area contributed by atoms with Crippen molar-refractivity contribution in [1.29, 1.82) is 0 Å². The van der Waals surface area contributed by atoms with E-state index >= 15 is 0 Å². The maximum atomic E-state index is 5.62. The Morgan fingerprint density at radius 1 is 0.944 bits per heavy atom. The van der Waals surface area contributed by atoms with E-state index in [0.29, 0.717) is 0 Å². The first-order valence-corrected chi connectivity index (χ1v) is 6.46. The van der Waals surface area contributed by atoms with Gasteiger partial charge < -0.3 is 9.64 Å². The molecule has 0 fully saturated rings. The summed E-state index contributed by atoms with van der Waals surface area (Å²) in [4.78, 5) is 2.13. The summed E-state index contributed by atoms with van der Waals surface area (Å²) in [5.74, 6) is 0. The van der Waals surface area contributed by atoms with Crippen molar-refractivity contribution in [2.45, 2.75) is 6.42 Å². The van der Waals surface area contributed by atoms with Crippen LogP contribution in [0.1, 0.15) is 5.56 Å². The zero-order valence-electron chi connectivity index (χ0n) is 11.2. The minimum Gasteiger partial charge on any atom is -0.380 e. The lowest BCUT2D eigenvalue weighted by Gasteiger charge is -2.10. The van der Waals surface area contributed by atoms with E-state index in [1.54, 1.807) is 0 Å². The molecule has 0 saturated heterocycles. The summed E-state index contributed by atoms with van der Waals surface area (Å²) in [5.41, 5.74) is 1.35. The van der Waals surface area contributed by atoms with Crippen molar-refractivity contribution in [2.24, 2.45) is 0 Å². The van der Waals surface area contributed by atoms with Gasteiger partial charge in [-0.3, -0.25) is 0 Å². The van der Waals surface area contributed by atoms with Crippen molar-refractivity contribution < 1.29 is 4.74 Å². The molecule has 0 heterocycles. The predicted octanol–water partition coefficient (Wildman–Crippen LogP) is 2.96. The van der Waals surface area contributed by atoms with Gasteiger partial charge in [-0.15, -0.1) is 0 Å². The Bertz CT molecular complexity index is 493. The molecule has 2 aromatic carbocycles. The molecule has 0 amide bonds. The van der Waals surface area contributed by atoms with Gasteiger partial charge in [0.1, 0.15) is 0 Å². The number of likely N-dealkylation sites (N-methyl/N-ethyl adjacent to an activating group) is 1. The van der Waals surface area contributed by atoms with E-state index in [0.717, 1.165) is 26.2 Å². The molecule has 2 heteroatoms. The molecule has 0 aromatic heterocycles. The highest BCUT2D eigenvalue weighted by molar-refractivity contribution is 5.82. The molecule has 0 N–H and O–H groups in total. The fourth-order valence-electron chi connectivity index (χ4n) is 1.93. The highest BCUT2D eigenvalue weighted by Crippen LogP contribution is 2.15. The average molecular weight is 243 g/mol. The molecular formula is C16H21NO. The van der Waals surface area contributed by atoms with Crippen LogP contribution in [0, 0.1) is 0 Å². The number of ether oxygens (including phenoxy) is 1. The van der Waals surface area contributed by atoms with E-state index in [4.69, 9.17) is 4.74 Å². The van der Waals surface area contributed by atoms with Crippen LogP contribution in [0.25, 0.3) is 10.8 Å². The molecule has 0 aliphatic rings. The molecule has 0 bridgehead atoms. The first-order chi connectivity index (χ1) is 8.75. The Hall–Kier alpha value is -1.38. The molecule has 0 aliphatic carbocycles. The van der Waals surface area contributed by atoms with E-state index in [-0.39, 0.29) is 0 Å². The van der Waals surface area contributed by atoms with Gasteiger partial charge in [-0.2, -0.15) is 0 Å². The maximum absolute atomic E-state index is 5.62. The molecule has 0 radical (unpaired) electrons. The summed E-state index contributed by atoms with van der Waals surface area (Å²) < 4.78 is 5.62. The smallest absolute Gasteiger partial charge is 0.0593 e. The summed E-state index contributed by atoms with van der Waals surface area (Å²) in [6.45, 7) is 2.59. The van der Waals surface area contributed by atoms with Crippen LogP contribution in [0.4, 0.5) is 0 Å². The van der Waals surface area contributed by atoms with Gasteiger partial charge in [0.05, 0.1) is 13.2 Å². The molecule has 2 rings (SSSR count). The molecule has 0 saturated carbocycles. The van der Waals surface area contributed by atoms with Crippen molar-refractivity contribution in [1.82, 2.24) is 4.90 Å². The van der Waals surface area contributed by atoms with Gasteiger partial charge >= 0.3 is 0 Å². The van der Waals surface area contributed by atoms with Crippen LogP contribution in [-0.2, 0) is 11.2 Å². The van der Waals surface area contributed by atoms with E-state index in [1.807, 2.05) is 0 Å². The molecule has 0 unspecified atom stereocenters. The van der Waals surface area contributed by atoms with Crippen LogP contribution in [0.3, 0.4) is 0 Å². The second kappa shape index (κ2) is 6.53. The Labute approximate surface area is 109 Å². The summed E-state index contributed by atoms with van der Waals surface area (Å²) >= 11 is 0. The molecule has 96 valence electrons. The van der Waals surface area contributed by atoms with Crippen LogP contribution < -0.4 is 0 Å². The fourth-order valence-corrected chi connectivity index (χ4v) is 1.93. The number of rotatable bonds is 6. The van der Waals surface area contributed by atoms with Crippen LogP contribution in [0.15, 0.2) is 42.5 Å². The van der Waals surface area contributed by atoms with Crippen molar-refractivity contribution in [3.05, 3.63) is 48.0 Å². The molecule has 0 aliphatic heterocycles. The highest BCUT2D eigenvalue weighted by atomic mass is 16.5. The molecule has 2 nitrogen and oxygen atoms in total. The first kappa shape index (κ1) is 13.1. The normalized spacial score (nSPS) is 11.3. The van der Waals surface area contributed by atoms with Crippen molar-refractivity contribution in [2.75, 3.05) is 33.9 Å². The highest BCUT2D eigenvalue weighted by Gasteiger charge is 1.97. The second-order valence-electron chi connectivity index (χ2n) is 4.85. The summed E-state index contributed by atoms with van der Waals surface area (Å²) in [6.07, 6.45) is 0.984. The summed E-state index contributed by atoms with van der Waals surface area (Å²) in [7, 11) is 4.12. The third-order valence-corrected chi connectivity index (χ3v) is 3.03. The molecule has 0 atom stereocenters. The first-order valence-electron chi connectivity index (χ1n) is 6.46. The minimum atomic E-state index is 0.798. The maximum Gasteiger partial charge on any atom is 0.0593 e. The van der Waals surface area contributed by atoms with E-state index in [2.05, 4.69) is 61.5 Å². The van der Waals surface area contributed by atoms with Gasteiger partial charge in [-0.1, -0.05) is 42.5 Å². The Balaban J connectivity index is 1.84. The number of benzene rings is 2.